The van der Waals surface area contributed by atoms with Crippen LogP contribution in [0.3, 0.4) is 0 Å². The lowest BCUT2D eigenvalue weighted by Crippen LogP contribution is -2.15. The molecule has 6 heteroatoms. The Kier molecular flexibility index (Phi) is 4.36. The molecule has 0 spiro atoms. The third kappa shape index (κ3) is 3.46. The predicted octanol–water partition coefficient (Wildman–Crippen LogP) is 4.10. The summed E-state index contributed by atoms with van der Waals surface area (Å²) in [7, 11) is 0. The number of rotatable bonds is 3. The molecule has 0 aliphatic heterocycles. The number of aryl methyl sites for hydroxylation is 3. The Morgan fingerprint density at radius 3 is 2.46 bits per heavy atom. The summed E-state index contributed by atoms with van der Waals surface area (Å²) in [5.74, 6) is 0.347. The maximum atomic E-state index is 12.5. The number of hydrogen-bond donors (Lipinski definition) is 1. The SMILES string of the molecule is Cc1cc(C)cc(-n2nc(C)cc2NC(=O)c2ccnc(Cl)c2)c1. The van der Waals surface area contributed by atoms with E-state index in [4.69, 9.17) is 11.6 Å². The van der Waals surface area contributed by atoms with Crippen LogP contribution >= 0.6 is 11.6 Å². The highest BCUT2D eigenvalue weighted by atomic mass is 35.5. The molecule has 5 nitrogen and oxygen atoms in total. The zero-order valence-corrected chi connectivity index (χ0v) is 14.4. The molecule has 2 heterocycles. The molecule has 0 atom stereocenters. The number of benzene rings is 1. The number of aromatic nitrogens is 3. The number of halogens is 1. The second kappa shape index (κ2) is 6.45. The van der Waals surface area contributed by atoms with Crippen LogP contribution in [0.2, 0.25) is 5.15 Å². The smallest absolute Gasteiger partial charge is 0.256 e. The van der Waals surface area contributed by atoms with E-state index < -0.39 is 0 Å². The van der Waals surface area contributed by atoms with E-state index in [1.807, 2.05) is 39.0 Å². The van der Waals surface area contributed by atoms with Crippen LogP contribution in [0, 0.1) is 20.8 Å². The van der Waals surface area contributed by atoms with Crippen molar-refractivity contribution in [2.24, 2.45) is 0 Å². The van der Waals surface area contributed by atoms with Crippen molar-refractivity contribution >= 4 is 23.3 Å². The van der Waals surface area contributed by atoms with E-state index in [-0.39, 0.29) is 11.1 Å². The third-order valence-corrected chi connectivity index (χ3v) is 3.72. The first-order chi connectivity index (χ1) is 11.4. The van der Waals surface area contributed by atoms with Crippen LogP contribution in [-0.4, -0.2) is 20.7 Å². The first-order valence-electron chi connectivity index (χ1n) is 7.50. The Labute approximate surface area is 145 Å². The minimum atomic E-state index is -0.259. The van der Waals surface area contributed by atoms with Gasteiger partial charge in [-0.1, -0.05) is 17.7 Å². The van der Waals surface area contributed by atoms with Crippen molar-refractivity contribution in [3.8, 4) is 5.69 Å². The second-order valence-electron chi connectivity index (χ2n) is 5.75. The summed E-state index contributed by atoms with van der Waals surface area (Å²) >= 11 is 5.85. The summed E-state index contributed by atoms with van der Waals surface area (Å²) < 4.78 is 1.73. The summed E-state index contributed by atoms with van der Waals surface area (Å²) in [6, 6.07) is 11.1. The zero-order chi connectivity index (χ0) is 17.3. The molecule has 1 aromatic carbocycles. The van der Waals surface area contributed by atoms with E-state index in [2.05, 4.69) is 21.5 Å². The average Bonchev–Trinajstić information content (AvgIpc) is 2.87. The Morgan fingerprint density at radius 1 is 1.08 bits per heavy atom. The van der Waals surface area contributed by atoms with E-state index >= 15 is 0 Å². The van der Waals surface area contributed by atoms with E-state index in [0.29, 0.717) is 11.4 Å². The first-order valence-corrected chi connectivity index (χ1v) is 7.88. The maximum absolute atomic E-state index is 12.5. The molecule has 1 N–H and O–H groups in total. The highest BCUT2D eigenvalue weighted by molar-refractivity contribution is 6.29. The van der Waals surface area contributed by atoms with Gasteiger partial charge in [-0.05, 0) is 56.2 Å². The lowest BCUT2D eigenvalue weighted by Gasteiger charge is -2.10. The van der Waals surface area contributed by atoms with Crippen LogP contribution < -0.4 is 5.32 Å². The Hall–Kier alpha value is -2.66. The molecule has 0 saturated carbocycles. The maximum Gasteiger partial charge on any atom is 0.256 e. The molecule has 3 rings (SSSR count). The number of carbonyl (C=O) groups is 1. The van der Waals surface area contributed by atoms with Crippen LogP contribution in [0.25, 0.3) is 5.69 Å². The molecular weight excluding hydrogens is 324 g/mol. The number of hydrogen-bond acceptors (Lipinski definition) is 3. The van der Waals surface area contributed by atoms with Crippen molar-refractivity contribution in [1.29, 1.82) is 0 Å². The van der Waals surface area contributed by atoms with E-state index in [1.54, 1.807) is 10.7 Å². The van der Waals surface area contributed by atoms with E-state index in [1.165, 1.54) is 12.3 Å². The van der Waals surface area contributed by atoms with Crippen molar-refractivity contribution in [2.75, 3.05) is 5.32 Å². The van der Waals surface area contributed by atoms with Gasteiger partial charge in [0, 0.05) is 17.8 Å². The Bertz CT molecular complexity index is 897. The van der Waals surface area contributed by atoms with Crippen LogP contribution in [0.4, 0.5) is 5.82 Å². The van der Waals surface area contributed by atoms with Gasteiger partial charge in [-0.3, -0.25) is 4.79 Å². The minimum absolute atomic E-state index is 0.259. The topological polar surface area (TPSA) is 59.8 Å². The fourth-order valence-corrected chi connectivity index (χ4v) is 2.76. The summed E-state index contributed by atoms with van der Waals surface area (Å²) in [6.07, 6.45) is 1.50. The van der Waals surface area contributed by atoms with Crippen LogP contribution in [0.15, 0.2) is 42.6 Å². The molecule has 24 heavy (non-hydrogen) atoms. The molecule has 122 valence electrons. The molecular formula is C18H17ClN4O. The van der Waals surface area contributed by atoms with Crippen molar-refractivity contribution in [3.05, 3.63) is 70.1 Å². The second-order valence-corrected chi connectivity index (χ2v) is 6.14. The molecule has 0 aliphatic rings. The van der Waals surface area contributed by atoms with Gasteiger partial charge in [-0.2, -0.15) is 5.10 Å². The highest BCUT2D eigenvalue weighted by Crippen LogP contribution is 2.20. The number of carbonyl (C=O) groups excluding carboxylic acids is 1. The number of pyridine rings is 1. The first kappa shape index (κ1) is 16.2. The summed E-state index contributed by atoms with van der Waals surface area (Å²) in [5, 5.41) is 7.66. The molecule has 2 aromatic heterocycles. The minimum Gasteiger partial charge on any atom is -0.306 e. The lowest BCUT2D eigenvalue weighted by molar-refractivity contribution is 0.102. The normalized spacial score (nSPS) is 10.7. The molecule has 0 aliphatic carbocycles. The summed E-state index contributed by atoms with van der Waals surface area (Å²) in [6.45, 7) is 5.95. The monoisotopic (exact) mass is 340 g/mol. The van der Waals surface area contributed by atoms with Crippen molar-refractivity contribution < 1.29 is 4.79 Å². The Morgan fingerprint density at radius 2 is 1.79 bits per heavy atom. The predicted molar refractivity (Wildman–Crippen MR) is 95.0 cm³/mol. The quantitative estimate of drug-likeness (QED) is 0.730. The zero-order valence-electron chi connectivity index (χ0n) is 13.7. The molecule has 1 amide bonds. The van der Waals surface area contributed by atoms with Gasteiger partial charge >= 0.3 is 0 Å². The number of amides is 1. The van der Waals surface area contributed by atoms with Gasteiger partial charge in [0.15, 0.2) is 0 Å². The summed E-state index contributed by atoms with van der Waals surface area (Å²) in [5.41, 5.74) is 4.44. The molecule has 0 bridgehead atoms. The third-order valence-electron chi connectivity index (χ3n) is 3.51. The molecule has 0 radical (unpaired) electrons. The van der Waals surface area contributed by atoms with Gasteiger partial charge in [0.05, 0.1) is 11.4 Å². The standard InChI is InChI=1S/C18H17ClN4O/c1-11-6-12(2)8-15(7-11)23-17(9-13(3)22-23)21-18(24)14-4-5-20-16(19)10-14/h4-10H,1-3H3,(H,21,24). The van der Waals surface area contributed by atoms with Gasteiger partial charge in [-0.25, -0.2) is 9.67 Å². The van der Waals surface area contributed by atoms with Crippen molar-refractivity contribution in [3.63, 3.8) is 0 Å². The molecule has 3 aromatic rings. The van der Waals surface area contributed by atoms with Gasteiger partial charge in [-0.15, -0.1) is 0 Å². The largest absolute Gasteiger partial charge is 0.306 e. The number of nitrogens with one attached hydrogen (secondary N) is 1. The van der Waals surface area contributed by atoms with Crippen molar-refractivity contribution in [1.82, 2.24) is 14.8 Å². The van der Waals surface area contributed by atoms with Gasteiger partial charge in [0.25, 0.3) is 5.91 Å². The molecule has 0 saturated heterocycles. The van der Waals surface area contributed by atoms with Crippen molar-refractivity contribution in [2.45, 2.75) is 20.8 Å². The number of nitrogens with zero attached hydrogens (tertiary/aromatic N) is 3. The van der Waals surface area contributed by atoms with Gasteiger partial charge in [0.2, 0.25) is 0 Å². The summed E-state index contributed by atoms with van der Waals surface area (Å²) in [4.78, 5) is 16.3. The van der Waals surface area contributed by atoms with Crippen LogP contribution in [-0.2, 0) is 0 Å². The molecule has 0 unspecified atom stereocenters. The van der Waals surface area contributed by atoms with Crippen LogP contribution in [0.1, 0.15) is 27.2 Å². The average molecular weight is 341 g/mol. The van der Waals surface area contributed by atoms with Gasteiger partial charge < -0.3 is 5.32 Å². The van der Waals surface area contributed by atoms with Gasteiger partial charge in [0.1, 0.15) is 11.0 Å². The number of anilines is 1. The highest BCUT2D eigenvalue weighted by Gasteiger charge is 2.13. The fourth-order valence-electron chi connectivity index (χ4n) is 2.59. The van der Waals surface area contributed by atoms with E-state index in [0.717, 1.165) is 22.5 Å². The Balaban J connectivity index is 1.96. The fraction of sp³-hybridized carbons (Fsp3) is 0.167. The lowest BCUT2D eigenvalue weighted by atomic mass is 10.1. The van der Waals surface area contributed by atoms with E-state index in [9.17, 15) is 4.79 Å². The molecule has 0 fully saturated rings. The van der Waals surface area contributed by atoms with Crippen LogP contribution in [0.5, 0.6) is 0 Å².